The first-order valence-corrected chi connectivity index (χ1v) is 7.05. The Hall–Kier alpha value is -1.39. The number of piperazine rings is 1. The van der Waals surface area contributed by atoms with Crippen molar-refractivity contribution in [1.29, 1.82) is 0 Å². The fraction of sp³-hybridized carbons (Fsp3) is 0.533. The molecule has 3 N–H and O–H groups in total. The zero-order valence-electron chi connectivity index (χ0n) is 11.3. The van der Waals surface area contributed by atoms with Crippen molar-refractivity contribution in [3.63, 3.8) is 0 Å². The summed E-state index contributed by atoms with van der Waals surface area (Å²) >= 11 is 0. The summed E-state index contributed by atoms with van der Waals surface area (Å²) in [6.45, 7) is 3.02. The first-order chi connectivity index (χ1) is 9.31. The first-order valence-electron chi connectivity index (χ1n) is 7.05. The lowest BCUT2D eigenvalue weighted by Crippen LogP contribution is -2.56. The monoisotopic (exact) mass is 261 g/mol. The molecule has 1 heterocycles. The van der Waals surface area contributed by atoms with E-state index >= 15 is 0 Å². The van der Waals surface area contributed by atoms with Crippen molar-refractivity contribution in [1.82, 2.24) is 10.2 Å². The van der Waals surface area contributed by atoms with Crippen LogP contribution >= 0.6 is 0 Å². The molecular weight excluding hydrogens is 238 g/mol. The second kappa shape index (κ2) is 7.26. The summed E-state index contributed by atoms with van der Waals surface area (Å²) < 4.78 is 0. The van der Waals surface area contributed by atoms with Gasteiger partial charge in [0, 0.05) is 32.6 Å². The highest BCUT2D eigenvalue weighted by molar-refractivity contribution is 5.76. The molecule has 0 bridgehead atoms. The van der Waals surface area contributed by atoms with E-state index in [-0.39, 0.29) is 11.9 Å². The standard InChI is InChI=1S/C15H23N3O/c16-11-14-12-17-9-10-18(14)15(19)8-4-7-13-5-2-1-3-6-13/h1-3,5-6,14,17H,4,7-12,16H2. The number of benzene rings is 1. The van der Waals surface area contributed by atoms with Crippen molar-refractivity contribution in [2.24, 2.45) is 5.73 Å². The zero-order chi connectivity index (χ0) is 13.5. The van der Waals surface area contributed by atoms with Gasteiger partial charge in [-0.3, -0.25) is 4.79 Å². The summed E-state index contributed by atoms with van der Waals surface area (Å²) in [5.41, 5.74) is 7.01. The molecule has 4 heteroatoms. The number of carbonyl (C=O) groups excluding carboxylic acids is 1. The Morgan fingerprint density at radius 3 is 2.89 bits per heavy atom. The van der Waals surface area contributed by atoms with Crippen LogP contribution < -0.4 is 11.1 Å². The number of hydrogen-bond donors (Lipinski definition) is 2. The second-order valence-electron chi connectivity index (χ2n) is 5.02. The van der Waals surface area contributed by atoms with Gasteiger partial charge in [0.25, 0.3) is 0 Å². The van der Waals surface area contributed by atoms with E-state index in [1.165, 1.54) is 5.56 Å². The van der Waals surface area contributed by atoms with E-state index < -0.39 is 0 Å². The van der Waals surface area contributed by atoms with E-state index in [9.17, 15) is 4.79 Å². The van der Waals surface area contributed by atoms with Crippen LogP contribution in [0, 0.1) is 0 Å². The Morgan fingerprint density at radius 1 is 1.37 bits per heavy atom. The lowest BCUT2D eigenvalue weighted by atomic mass is 10.1. The Bertz CT molecular complexity index is 394. The van der Waals surface area contributed by atoms with Crippen LogP contribution in [0.15, 0.2) is 30.3 Å². The van der Waals surface area contributed by atoms with Crippen molar-refractivity contribution in [2.45, 2.75) is 25.3 Å². The van der Waals surface area contributed by atoms with Gasteiger partial charge in [0.1, 0.15) is 0 Å². The molecule has 1 unspecified atom stereocenters. The summed E-state index contributed by atoms with van der Waals surface area (Å²) in [6, 6.07) is 10.5. The quantitative estimate of drug-likeness (QED) is 0.823. The minimum atomic E-state index is 0.165. The van der Waals surface area contributed by atoms with E-state index in [4.69, 9.17) is 5.73 Å². The molecule has 1 atom stereocenters. The van der Waals surface area contributed by atoms with Gasteiger partial charge in [-0.1, -0.05) is 30.3 Å². The summed E-state index contributed by atoms with van der Waals surface area (Å²) in [7, 11) is 0. The normalized spacial score (nSPS) is 19.4. The Morgan fingerprint density at radius 2 is 2.16 bits per heavy atom. The molecule has 0 spiro atoms. The molecule has 1 aliphatic heterocycles. The summed E-state index contributed by atoms with van der Waals surface area (Å²) in [5, 5.41) is 3.28. The predicted octanol–water partition coefficient (Wildman–Crippen LogP) is 0.768. The number of rotatable bonds is 5. The fourth-order valence-corrected chi connectivity index (χ4v) is 2.53. The van der Waals surface area contributed by atoms with Crippen LogP contribution in [0.5, 0.6) is 0 Å². The van der Waals surface area contributed by atoms with Gasteiger partial charge >= 0.3 is 0 Å². The largest absolute Gasteiger partial charge is 0.336 e. The minimum absolute atomic E-state index is 0.165. The SMILES string of the molecule is NCC1CNCCN1C(=O)CCCc1ccccc1. The highest BCUT2D eigenvalue weighted by Gasteiger charge is 2.24. The van der Waals surface area contributed by atoms with Gasteiger partial charge in [-0.05, 0) is 18.4 Å². The van der Waals surface area contributed by atoms with Crippen LogP contribution in [0.4, 0.5) is 0 Å². The third kappa shape index (κ3) is 4.04. The maximum atomic E-state index is 12.2. The van der Waals surface area contributed by atoms with Crippen LogP contribution in [0.3, 0.4) is 0 Å². The third-order valence-electron chi connectivity index (χ3n) is 3.64. The van der Waals surface area contributed by atoms with Crippen LogP contribution in [0.1, 0.15) is 18.4 Å². The van der Waals surface area contributed by atoms with E-state index in [1.807, 2.05) is 23.1 Å². The molecule has 1 amide bonds. The second-order valence-corrected chi connectivity index (χ2v) is 5.02. The van der Waals surface area contributed by atoms with Crippen LogP contribution in [-0.4, -0.2) is 43.0 Å². The van der Waals surface area contributed by atoms with E-state index in [1.54, 1.807) is 0 Å². The van der Waals surface area contributed by atoms with Gasteiger partial charge < -0.3 is 16.0 Å². The number of nitrogens with two attached hydrogens (primary N) is 1. The van der Waals surface area contributed by atoms with Crippen molar-refractivity contribution in [3.05, 3.63) is 35.9 Å². The summed E-state index contributed by atoms with van der Waals surface area (Å²) in [4.78, 5) is 14.1. The van der Waals surface area contributed by atoms with Crippen molar-refractivity contribution < 1.29 is 4.79 Å². The molecular formula is C15H23N3O. The molecule has 0 saturated carbocycles. The fourth-order valence-electron chi connectivity index (χ4n) is 2.53. The van der Waals surface area contributed by atoms with Gasteiger partial charge in [-0.15, -0.1) is 0 Å². The summed E-state index contributed by atoms with van der Waals surface area (Å²) in [6.07, 6.45) is 2.49. The van der Waals surface area contributed by atoms with Crippen LogP contribution in [0.2, 0.25) is 0 Å². The van der Waals surface area contributed by atoms with Gasteiger partial charge in [-0.2, -0.15) is 0 Å². The van der Waals surface area contributed by atoms with Crippen molar-refractivity contribution >= 4 is 5.91 Å². The lowest BCUT2D eigenvalue weighted by Gasteiger charge is -2.35. The molecule has 19 heavy (non-hydrogen) atoms. The first kappa shape index (κ1) is 14.0. The summed E-state index contributed by atoms with van der Waals surface area (Å²) in [5.74, 6) is 0.243. The average Bonchev–Trinajstić information content (AvgIpc) is 2.48. The number of aryl methyl sites for hydroxylation is 1. The Kier molecular flexibility index (Phi) is 5.36. The van der Waals surface area contributed by atoms with Gasteiger partial charge in [0.15, 0.2) is 0 Å². The molecule has 1 saturated heterocycles. The Balaban J connectivity index is 1.77. The van der Waals surface area contributed by atoms with Gasteiger partial charge in [0.05, 0.1) is 6.04 Å². The number of hydrogen-bond acceptors (Lipinski definition) is 3. The maximum Gasteiger partial charge on any atom is 0.222 e. The molecule has 2 rings (SSSR count). The van der Waals surface area contributed by atoms with Crippen molar-refractivity contribution in [2.75, 3.05) is 26.2 Å². The third-order valence-corrected chi connectivity index (χ3v) is 3.64. The maximum absolute atomic E-state index is 12.2. The smallest absolute Gasteiger partial charge is 0.222 e. The topological polar surface area (TPSA) is 58.4 Å². The predicted molar refractivity (Wildman–Crippen MR) is 76.8 cm³/mol. The molecule has 1 aromatic carbocycles. The number of nitrogens with zero attached hydrogens (tertiary/aromatic N) is 1. The highest BCUT2D eigenvalue weighted by atomic mass is 16.2. The molecule has 0 aromatic heterocycles. The van der Waals surface area contributed by atoms with Gasteiger partial charge in [0.2, 0.25) is 5.91 Å². The molecule has 4 nitrogen and oxygen atoms in total. The van der Waals surface area contributed by atoms with E-state index in [0.717, 1.165) is 32.5 Å². The average molecular weight is 261 g/mol. The van der Waals surface area contributed by atoms with Crippen molar-refractivity contribution in [3.8, 4) is 0 Å². The molecule has 1 aromatic rings. The molecule has 0 radical (unpaired) electrons. The van der Waals surface area contributed by atoms with Gasteiger partial charge in [-0.25, -0.2) is 0 Å². The number of nitrogens with one attached hydrogen (secondary N) is 1. The van der Waals surface area contributed by atoms with Crippen LogP contribution in [0.25, 0.3) is 0 Å². The molecule has 1 aliphatic rings. The van der Waals surface area contributed by atoms with E-state index in [0.29, 0.717) is 13.0 Å². The minimum Gasteiger partial charge on any atom is -0.336 e. The van der Waals surface area contributed by atoms with E-state index in [2.05, 4.69) is 17.4 Å². The number of amides is 1. The molecule has 0 aliphatic carbocycles. The number of carbonyl (C=O) groups is 1. The molecule has 1 fully saturated rings. The molecule has 104 valence electrons. The highest BCUT2D eigenvalue weighted by Crippen LogP contribution is 2.09. The Labute approximate surface area is 115 Å². The lowest BCUT2D eigenvalue weighted by molar-refractivity contribution is -0.134. The zero-order valence-corrected chi connectivity index (χ0v) is 11.3. The van der Waals surface area contributed by atoms with Crippen LogP contribution in [-0.2, 0) is 11.2 Å².